The van der Waals surface area contributed by atoms with Gasteiger partial charge in [-0.15, -0.1) is 0 Å². The number of rotatable bonds is 5. The lowest BCUT2D eigenvalue weighted by Crippen LogP contribution is -2.36. The summed E-state index contributed by atoms with van der Waals surface area (Å²) in [7, 11) is -4.29. The molecule has 1 saturated carbocycles. The normalized spacial score (nSPS) is 21.6. The van der Waals surface area contributed by atoms with Crippen LogP contribution in [0, 0.1) is 11.3 Å². The summed E-state index contributed by atoms with van der Waals surface area (Å²) >= 11 is 0. The molecule has 0 atom stereocenters. The average Bonchev–Trinajstić information content (AvgIpc) is 2.60. The molecule has 0 saturated heterocycles. The van der Waals surface area contributed by atoms with Crippen LogP contribution >= 0.6 is 0 Å². The van der Waals surface area contributed by atoms with Crippen LogP contribution in [-0.2, 0) is 19.6 Å². The van der Waals surface area contributed by atoms with Gasteiger partial charge in [-0.05, 0) is 69.1 Å². The SMILES string of the molecule is COC(=O)C(C)(C)C1CCC(c2ccc(OS(=O)(=O)C(F)(F)F)cc2)CC1. The van der Waals surface area contributed by atoms with Gasteiger partial charge in [-0.3, -0.25) is 4.79 Å². The summed E-state index contributed by atoms with van der Waals surface area (Å²) in [4.78, 5) is 11.9. The molecule has 152 valence electrons. The minimum absolute atomic E-state index is 0.195. The van der Waals surface area contributed by atoms with Gasteiger partial charge >= 0.3 is 21.6 Å². The van der Waals surface area contributed by atoms with Gasteiger partial charge in [0.15, 0.2) is 0 Å². The molecule has 5 nitrogen and oxygen atoms in total. The molecular weight excluding hydrogens is 385 g/mol. The van der Waals surface area contributed by atoms with Gasteiger partial charge < -0.3 is 8.92 Å². The van der Waals surface area contributed by atoms with Crippen molar-refractivity contribution in [3.05, 3.63) is 29.8 Å². The second-order valence-electron chi connectivity index (χ2n) is 7.31. The zero-order chi connectivity index (χ0) is 20.5. The lowest BCUT2D eigenvalue weighted by Gasteiger charge is -2.37. The van der Waals surface area contributed by atoms with Gasteiger partial charge in [0.1, 0.15) is 5.75 Å². The van der Waals surface area contributed by atoms with Crippen molar-refractivity contribution < 1.29 is 35.3 Å². The number of carbonyl (C=O) groups is 1. The van der Waals surface area contributed by atoms with Crippen LogP contribution in [0.4, 0.5) is 13.2 Å². The zero-order valence-corrected chi connectivity index (χ0v) is 16.2. The largest absolute Gasteiger partial charge is 0.534 e. The Morgan fingerprint density at radius 3 is 2.00 bits per heavy atom. The maximum absolute atomic E-state index is 12.4. The zero-order valence-electron chi connectivity index (χ0n) is 15.4. The van der Waals surface area contributed by atoms with Crippen LogP contribution in [0.25, 0.3) is 0 Å². The molecular formula is C18H23F3O5S. The van der Waals surface area contributed by atoms with Crippen molar-refractivity contribution in [3.8, 4) is 5.75 Å². The standard InChI is InChI=1S/C18H23F3O5S/c1-17(2,16(22)25-3)14-8-4-12(5-9-14)13-6-10-15(11-7-13)26-27(23,24)18(19,20)21/h6-7,10-12,14H,4-5,8-9H2,1-3H3. The van der Waals surface area contributed by atoms with E-state index in [4.69, 9.17) is 4.74 Å². The molecule has 1 aromatic carbocycles. The Hall–Kier alpha value is -1.77. The van der Waals surface area contributed by atoms with Gasteiger partial charge in [0.2, 0.25) is 0 Å². The Morgan fingerprint density at radius 2 is 1.56 bits per heavy atom. The molecule has 1 aromatic rings. The summed E-state index contributed by atoms with van der Waals surface area (Å²) in [6.07, 6.45) is 3.30. The van der Waals surface area contributed by atoms with E-state index in [1.165, 1.54) is 19.2 Å². The Balaban J connectivity index is 2.01. The number of alkyl halides is 3. The Labute approximate surface area is 157 Å². The van der Waals surface area contributed by atoms with Crippen LogP contribution in [0.1, 0.15) is 51.0 Å². The van der Waals surface area contributed by atoms with Crippen molar-refractivity contribution in [1.82, 2.24) is 0 Å². The first kappa shape index (κ1) is 21.5. The highest BCUT2D eigenvalue weighted by molar-refractivity contribution is 7.88. The Bertz CT molecular complexity index is 761. The molecule has 0 radical (unpaired) electrons. The fourth-order valence-corrected chi connectivity index (χ4v) is 4.01. The molecule has 1 fully saturated rings. The lowest BCUT2D eigenvalue weighted by molar-refractivity contribution is -0.154. The first-order chi connectivity index (χ1) is 12.4. The molecule has 1 aliphatic rings. The van der Waals surface area contributed by atoms with Crippen molar-refractivity contribution in [3.63, 3.8) is 0 Å². The molecule has 0 spiro atoms. The molecule has 0 heterocycles. The average molecular weight is 408 g/mol. The van der Waals surface area contributed by atoms with Crippen molar-refractivity contribution in [1.29, 1.82) is 0 Å². The molecule has 0 bridgehead atoms. The summed E-state index contributed by atoms with van der Waals surface area (Å²) in [6.45, 7) is 3.74. The molecule has 0 aromatic heterocycles. The van der Waals surface area contributed by atoms with E-state index in [1.807, 2.05) is 13.8 Å². The highest BCUT2D eigenvalue weighted by atomic mass is 32.2. The van der Waals surface area contributed by atoms with Gasteiger partial charge in [-0.25, -0.2) is 0 Å². The molecule has 9 heteroatoms. The monoisotopic (exact) mass is 408 g/mol. The topological polar surface area (TPSA) is 69.7 Å². The third kappa shape index (κ3) is 4.75. The maximum atomic E-state index is 12.4. The van der Waals surface area contributed by atoms with Crippen LogP contribution < -0.4 is 4.18 Å². The quantitative estimate of drug-likeness (QED) is 0.411. The van der Waals surface area contributed by atoms with Crippen molar-refractivity contribution in [2.45, 2.75) is 51.0 Å². The molecule has 0 unspecified atom stereocenters. The first-order valence-electron chi connectivity index (χ1n) is 8.57. The van der Waals surface area contributed by atoms with E-state index in [0.717, 1.165) is 31.2 Å². The molecule has 1 aliphatic carbocycles. The Morgan fingerprint density at radius 1 is 1.04 bits per heavy atom. The van der Waals surface area contributed by atoms with E-state index in [2.05, 4.69) is 4.18 Å². The second kappa shape index (κ2) is 7.69. The summed E-state index contributed by atoms with van der Waals surface area (Å²) in [5.41, 5.74) is -5.12. The maximum Gasteiger partial charge on any atom is 0.534 e. The summed E-state index contributed by atoms with van der Waals surface area (Å²) in [5.74, 6) is -0.224. The van der Waals surface area contributed by atoms with Gasteiger partial charge in [0, 0.05) is 0 Å². The number of halogens is 3. The highest BCUT2D eigenvalue weighted by Crippen LogP contribution is 2.44. The van der Waals surface area contributed by atoms with E-state index in [1.54, 1.807) is 12.1 Å². The van der Waals surface area contributed by atoms with Crippen molar-refractivity contribution in [2.75, 3.05) is 7.11 Å². The van der Waals surface area contributed by atoms with Gasteiger partial charge in [0.25, 0.3) is 0 Å². The summed E-state index contributed by atoms with van der Waals surface area (Å²) < 4.78 is 68.1. The molecule has 0 amide bonds. The number of benzene rings is 1. The molecule has 0 N–H and O–H groups in total. The molecule has 0 aliphatic heterocycles. The third-order valence-electron chi connectivity index (χ3n) is 5.30. The predicted octanol–water partition coefficient (Wildman–Crippen LogP) is 4.39. The third-order valence-corrected chi connectivity index (χ3v) is 6.28. The number of esters is 1. The smallest absolute Gasteiger partial charge is 0.469 e. The minimum atomic E-state index is -5.67. The van der Waals surface area contributed by atoms with Crippen molar-refractivity contribution >= 4 is 16.1 Å². The van der Waals surface area contributed by atoms with Gasteiger partial charge in [-0.2, -0.15) is 21.6 Å². The number of ether oxygens (including phenoxy) is 1. The summed E-state index contributed by atoms with van der Waals surface area (Å²) in [5, 5.41) is 0. The highest BCUT2D eigenvalue weighted by Gasteiger charge is 2.48. The molecule has 27 heavy (non-hydrogen) atoms. The van der Waals surface area contributed by atoms with Crippen molar-refractivity contribution in [2.24, 2.45) is 11.3 Å². The minimum Gasteiger partial charge on any atom is -0.469 e. The van der Waals surface area contributed by atoms with Gasteiger partial charge in [0.05, 0.1) is 12.5 Å². The second-order valence-corrected chi connectivity index (χ2v) is 8.85. The van der Waals surface area contributed by atoms with E-state index >= 15 is 0 Å². The fourth-order valence-electron chi connectivity index (χ4n) is 3.55. The van der Waals surface area contributed by atoms with Crippen LogP contribution in [0.3, 0.4) is 0 Å². The van der Waals surface area contributed by atoms with Crippen LogP contribution in [0.15, 0.2) is 24.3 Å². The number of hydrogen-bond donors (Lipinski definition) is 0. The summed E-state index contributed by atoms with van der Waals surface area (Å²) in [6, 6.07) is 5.61. The number of carbonyl (C=O) groups excluding carboxylic acids is 1. The number of methoxy groups -OCH3 is 1. The lowest BCUT2D eigenvalue weighted by atomic mass is 9.68. The van der Waals surface area contributed by atoms with Crippen LogP contribution in [0.2, 0.25) is 0 Å². The van der Waals surface area contributed by atoms with E-state index in [-0.39, 0.29) is 23.6 Å². The Kier molecular flexibility index (Phi) is 6.13. The predicted molar refractivity (Wildman–Crippen MR) is 92.5 cm³/mol. The van der Waals surface area contributed by atoms with Crippen LogP contribution in [-0.4, -0.2) is 27.0 Å². The van der Waals surface area contributed by atoms with Crippen LogP contribution in [0.5, 0.6) is 5.75 Å². The molecule has 2 rings (SSSR count). The fraction of sp³-hybridized carbons (Fsp3) is 0.611. The van der Waals surface area contributed by atoms with Gasteiger partial charge in [-0.1, -0.05) is 12.1 Å². The first-order valence-corrected chi connectivity index (χ1v) is 9.98. The van der Waals surface area contributed by atoms with E-state index in [9.17, 15) is 26.4 Å². The van der Waals surface area contributed by atoms with E-state index < -0.39 is 21.0 Å². The van der Waals surface area contributed by atoms with E-state index in [0.29, 0.717) is 0 Å². The number of hydrogen-bond acceptors (Lipinski definition) is 5.